The van der Waals surface area contributed by atoms with Gasteiger partial charge in [-0.2, -0.15) is 0 Å². The average molecular weight is 288 g/mol. The van der Waals surface area contributed by atoms with Crippen LogP contribution in [0.25, 0.3) is 0 Å². The predicted octanol–water partition coefficient (Wildman–Crippen LogP) is 2.74. The fourth-order valence-electron chi connectivity index (χ4n) is 2.09. The van der Waals surface area contributed by atoms with Gasteiger partial charge in [-0.1, -0.05) is 19.1 Å². The maximum absolute atomic E-state index is 12.1. The minimum Gasteiger partial charge on any atom is -0.347 e. The van der Waals surface area contributed by atoms with E-state index in [0.29, 0.717) is 18.7 Å². The molecule has 0 aliphatic carbocycles. The Morgan fingerprint density at radius 2 is 2.00 bits per heavy atom. The van der Waals surface area contributed by atoms with Gasteiger partial charge in [-0.15, -0.1) is 11.3 Å². The van der Waals surface area contributed by atoms with Crippen molar-refractivity contribution in [2.45, 2.75) is 26.3 Å². The Morgan fingerprint density at radius 1 is 1.25 bits per heavy atom. The molecule has 3 N–H and O–H groups in total. The fraction of sp³-hybridized carbons (Fsp3) is 0.312. The number of amides is 1. The lowest BCUT2D eigenvalue weighted by Crippen LogP contribution is -2.22. The first-order chi connectivity index (χ1) is 9.74. The highest BCUT2D eigenvalue weighted by Gasteiger charge is 2.07. The molecule has 0 spiro atoms. The lowest BCUT2D eigenvalue weighted by Gasteiger charge is -2.06. The van der Waals surface area contributed by atoms with Gasteiger partial charge in [0.1, 0.15) is 0 Å². The molecular weight excluding hydrogens is 268 g/mol. The van der Waals surface area contributed by atoms with Crippen LogP contribution in [-0.4, -0.2) is 12.5 Å². The normalized spacial score (nSPS) is 10.5. The molecular formula is C16H20N2OS. The van der Waals surface area contributed by atoms with Gasteiger partial charge in [-0.3, -0.25) is 4.79 Å². The Balaban J connectivity index is 1.94. The highest BCUT2D eigenvalue weighted by atomic mass is 32.1. The monoisotopic (exact) mass is 288 g/mol. The number of thiophene rings is 1. The molecule has 106 valence electrons. The third-order valence-corrected chi connectivity index (χ3v) is 4.24. The first-order valence-corrected chi connectivity index (χ1v) is 7.75. The molecule has 0 aliphatic heterocycles. The van der Waals surface area contributed by atoms with E-state index in [-0.39, 0.29) is 5.91 Å². The molecule has 1 amide bonds. The van der Waals surface area contributed by atoms with E-state index in [0.717, 1.165) is 18.4 Å². The van der Waals surface area contributed by atoms with Crippen LogP contribution in [0.4, 0.5) is 0 Å². The SMILES string of the molecule is CCc1ccsc1CNC(=O)c1ccc(CCN)cc1. The summed E-state index contributed by atoms with van der Waals surface area (Å²) in [6, 6.07) is 9.76. The number of rotatable bonds is 6. The van der Waals surface area contributed by atoms with Crippen LogP contribution in [0.2, 0.25) is 0 Å². The fourth-order valence-corrected chi connectivity index (χ4v) is 3.01. The zero-order valence-corrected chi connectivity index (χ0v) is 12.5. The summed E-state index contributed by atoms with van der Waals surface area (Å²) in [6.45, 7) is 3.36. The van der Waals surface area contributed by atoms with Gasteiger partial charge < -0.3 is 11.1 Å². The topological polar surface area (TPSA) is 55.1 Å². The van der Waals surface area contributed by atoms with Crippen LogP contribution in [0, 0.1) is 0 Å². The largest absolute Gasteiger partial charge is 0.347 e. The van der Waals surface area contributed by atoms with Crippen molar-refractivity contribution < 1.29 is 4.79 Å². The second-order valence-electron chi connectivity index (χ2n) is 4.64. The quantitative estimate of drug-likeness (QED) is 0.858. The van der Waals surface area contributed by atoms with E-state index in [2.05, 4.69) is 23.7 Å². The molecule has 4 heteroatoms. The molecule has 0 saturated carbocycles. The predicted molar refractivity (Wildman–Crippen MR) is 84.1 cm³/mol. The van der Waals surface area contributed by atoms with Crippen molar-refractivity contribution in [3.63, 3.8) is 0 Å². The highest BCUT2D eigenvalue weighted by molar-refractivity contribution is 7.10. The second kappa shape index (κ2) is 7.22. The van der Waals surface area contributed by atoms with Crippen molar-refractivity contribution in [3.8, 4) is 0 Å². The molecule has 0 bridgehead atoms. The Hall–Kier alpha value is -1.65. The summed E-state index contributed by atoms with van der Waals surface area (Å²) in [6.07, 6.45) is 1.85. The standard InChI is InChI=1S/C16H20N2OS/c1-2-13-8-10-20-15(13)11-18-16(19)14-5-3-12(4-6-14)7-9-17/h3-6,8,10H,2,7,9,11,17H2,1H3,(H,18,19). The van der Waals surface area contributed by atoms with Gasteiger partial charge in [0.05, 0.1) is 6.54 Å². The van der Waals surface area contributed by atoms with Crippen molar-refractivity contribution in [1.82, 2.24) is 5.32 Å². The zero-order valence-electron chi connectivity index (χ0n) is 11.7. The molecule has 20 heavy (non-hydrogen) atoms. The minimum atomic E-state index is -0.0280. The third-order valence-electron chi connectivity index (χ3n) is 3.28. The van der Waals surface area contributed by atoms with Crippen LogP contribution in [0.1, 0.15) is 33.3 Å². The summed E-state index contributed by atoms with van der Waals surface area (Å²) in [4.78, 5) is 13.3. The van der Waals surface area contributed by atoms with Crippen molar-refractivity contribution >= 4 is 17.2 Å². The summed E-state index contributed by atoms with van der Waals surface area (Å²) in [5.41, 5.74) is 8.68. The number of carbonyl (C=O) groups excluding carboxylic acids is 1. The van der Waals surface area contributed by atoms with Gasteiger partial charge in [-0.25, -0.2) is 0 Å². The third kappa shape index (κ3) is 3.68. The van der Waals surface area contributed by atoms with E-state index in [1.54, 1.807) is 11.3 Å². The zero-order chi connectivity index (χ0) is 14.4. The Labute approximate surface area is 123 Å². The number of hydrogen-bond acceptors (Lipinski definition) is 3. The molecule has 0 atom stereocenters. The van der Waals surface area contributed by atoms with Gasteiger partial charge in [0.15, 0.2) is 0 Å². The van der Waals surface area contributed by atoms with E-state index in [1.807, 2.05) is 24.3 Å². The van der Waals surface area contributed by atoms with Gasteiger partial charge in [0.25, 0.3) is 5.91 Å². The van der Waals surface area contributed by atoms with Crippen molar-refractivity contribution in [2.75, 3.05) is 6.54 Å². The van der Waals surface area contributed by atoms with Crippen LogP contribution in [-0.2, 0) is 19.4 Å². The van der Waals surface area contributed by atoms with Gasteiger partial charge >= 0.3 is 0 Å². The lowest BCUT2D eigenvalue weighted by molar-refractivity contribution is 0.0951. The first-order valence-electron chi connectivity index (χ1n) is 6.87. The van der Waals surface area contributed by atoms with Gasteiger partial charge in [-0.05, 0) is 54.1 Å². The summed E-state index contributed by atoms with van der Waals surface area (Å²) in [5, 5.41) is 5.05. The number of hydrogen-bond donors (Lipinski definition) is 2. The van der Waals surface area contributed by atoms with E-state index < -0.39 is 0 Å². The molecule has 0 saturated heterocycles. The van der Waals surface area contributed by atoms with Gasteiger partial charge in [0, 0.05) is 10.4 Å². The maximum atomic E-state index is 12.1. The Kier molecular flexibility index (Phi) is 5.32. The van der Waals surface area contributed by atoms with E-state index in [4.69, 9.17) is 5.73 Å². The van der Waals surface area contributed by atoms with Crippen LogP contribution >= 0.6 is 11.3 Å². The number of nitrogens with one attached hydrogen (secondary N) is 1. The number of benzene rings is 1. The molecule has 3 nitrogen and oxygen atoms in total. The van der Waals surface area contributed by atoms with Gasteiger partial charge in [0.2, 0.25) is 0 Å². The minimum absolute atomic E-state index is 0.0280. The van der Waals surface area contributed by atoms with Crippen LogP contribution in [0.5, 0.6) is 0 Å². The van der Waals surface area contributed by atoms with E-state index >= 15 is 0 Å². The Bertz CT molecular complexity index is 560. The van der Waals surface area contributed by atoms with E-state index in [1.165, 1.54) is 10.4 Å². The molecule has 0 fully saturated rings. The van der Waals surface area contributed by atoms with Crippen molar-refractivity contribution in [3.05, 3.63) is 57.3 Å². The molecule has 0 unspecified atom stereocenters. The smallest absolute Gasteiger partial charge is 0.251 e. The molecule has 1 heterocycles. The number of aryl methyl sites for hydroxylation is 1. The molecule has 1 aromatic heterocycles. The summed E-state index contributed by atoms with van der Waals surface area (Å²) >= 11 is 1.69. The molecule has 2 aromatic rings. The molecule has 1 aromatic carbocycles. The second-order valence-corrected chi connectivity index (χ2v) is 5.64. The molecule has 0 radical (unpaired) electrons. The molecule has 0 aliphatic rings. The van der Waals surface area contributed by atoms with Crippen LogP contribution in [0.3, 0.4) is 0 Å². The van der Waals surface area contributed by atoms with Crippen LogP contribution in [0.15, 0.2) is 35.7 Å². The highest BCUT2D eigenvalue weighted by Crippen LogP contribution is 2.17. The summed E-state index contributed by atoms with van der Waals surface area (Å²) in [5.74, 6) is -0.0280. The average Bonchev–Trinajstić information content (AvgIpc) is 2.93. The first kappa shape index (κ1) is 14.8. The molecule has 2 rings (SSSR count). The summed E-state index contributed by atoms with van der Waals surface area (Å²) < 4.78 is 0. The van der Waals surface area contributed by atoms with E-state index in [9.17, 15) is 4.79 Å². The Morgan fingerprint density at radius 3 is 2.65 bits per heavy atom. The maximum Gasteiger partial charge on any atom is 0.251 e. The van der Waals surface area contributed by atoms with Crippen molar-refractivity contribution in [1.29, 1.82) is 0 Å². The van der Waals surface area contributed by atoms with Crippen LogP contribution < -0.4 is 11.1 Å². The summed E-state index contributed by atoms with van der Waals surface area (Å²) in [7, 11) is 0. The van der Waals surface area contributed by atoms with Crippen molar-refractivity contribution in [2.24, 2.45) is 5.73 Å². The lowest BCUT2D eigenvalue weighted by atomic mass is 10.1. The number of carbonyl (C=O) groups is 1. The number of nitrogens with two attached hydrogens (primary N) is 1.